The molecule has 0 aliphatic carbocycles. The Hall–Kier alpha value is -1.06. The second kappa shape index (κ2) is 4.85. The fourth-order valence-electron chi connectivity index (χ4n) is 2.22. The van der Waals surface area contributed by atoms with Gasteiger partial charge in [0, 0.05) is 23.8 Å². The van der Waals surface area contributed by atoms with E-state index in [1.165, 1.54) is 0 Å². The molecule has 0 radical (unpaired) electrons. The topological polar surface area (TPSA) is 55.5 Å². The van der Waals surface area contributed by atoms with Gasteiger partial charge in [-0.15, -0.1) is 0 Å². The van der Waals surface area contributed by atoms with Gasteiger partial charge in [0.25, 0.3) is 0 Å². The summed E-state index contributed by atoms with van der Waals surface area (Å²) in [5, 5.41) is 10.3. The number of benzene rings is 1. The van der Waals surface area contributed by atoms with Crippen molar-refractivity contribution in [3.8, 4) is 0 Å². The monoisotopic (exact) mass is 221 g/mol. The van der Waals surface area contributed by atoms with Crippen molar-refractivity contribution in [1.82, 2.24) is 0 Å². The van der Waals surface area contributed by atoms with Crippen LogP contribution in [0.3, 0.4) is 0 Å². The molecule has 0 bridgehead atoms. The number of hydrogen-bond acceptors (Lipinski definition) is 3. The van der Waals surface area contributed by atoms with E-state index in [-0.39, 0.29) is 5.92 Å². The molecule has 1 aliphatic rings. The van der Waals surface area contributed by atoms with Crippen molar-refractivity contribution in [3.63, 3.8) is 0 Å². The number of anilines is 1. The summed E-state index contributed by atoms with van der Waals surface area (Å²) in [5.74, 6) is 0.179. The van der Waals surface area contributed by atoms with E-state index in [1.807, 2.05) is 25.1 Å². The lowest BCUT2D eigenvalue weighted by Gasteiger charge is -2.27. The highest BCUT2D eigenvalue weighted by Gasteiger charge is 2.25. The summed E-state index contributed by atoms with van der Waals surface area (Å²) in [4.78, 5) is 0. The molecular weight excluding hydrogens is 202 g/mol. The molecule has 0 amide bonds. The lowest BCUT2D eigenvalue weighted by Crippen LogP contribution is -2.24. The van der Waals surface area contributed by atoms with Crippen LogP contribution < -0.4 is 5.73 Å². The summed E-state index contributed by atoms with van der Waals surface area (Å²) >= 11 is 0. The van der Waals surface area contributed by atoms with E-state index in [1.54, 1.807) is 0 Å². The average molecular weight is 221 g/mol. The van der Waals surface area contributed by atoms with Gasteiger partial charge in [0.2, 0.25) is 0 Å². The van der Waals surface area contributed by atoms with Gasteiger partial charge in [0.05, 0.1) is 12.7 Å². The van der Waals surface area contributed by atoms with E-state index in [0.29, 0.717) is 12.3 Å². The molecule has 3 heteroatoms. The normalized spacial score (nSPS) is 23.0. The largest absolute Gasteiger partial charge is 0.398 e. The Balaban J connectivity index is 2.18. The Bertz CT molecular complexity index is 359. The molecule has 0 aromatic heterocycles. The quantitative estimate of drug-likeness (QED) is 0.751. The highest BCUT2D eigenvalue weighted by Crippen LogP contribution is 2.32. The maximum absolute atomic E-state index is 10.3. The number of aliphatic hydroxyl groups is 1. The molecule has 1 aromatic carbocycles. The van der Waals surface area contributed by atoms with Gasteiger partial charge in [-0.2, -0.15) is 0 Å². The Morgan fingerprint density at radius 2 is 2.31 bits per heavy atom. The summed E-state index contributed by atoms with van der Waals surface area (Å²) in [7, 11) is 0. The molecule has 1 aromatic rings. The van der Waals surface area contributed by atoms with Gasteiger partial charge in [0.1, 0.15) is 0 Å². The van der Waals surface area contributed by atoms with Crippen LogP contribution >= 0.6 is 0 Å². The van der Waals surface area contributed by atoms with Crippen LogP contribution in [-0.2, 0) is 4.74 Å². The van der Waals surface area contributed by atoms with Gasteiger partial charge in [0.15, 0.2) is 0 Å². The fraction of sp³-hybridized carbons (Fsp3) is 0.538. The van der Waals surface area contributed by atoms with E-state index in [9.17, 15) is 5.11 Å². The molecule has 2 unspecified atom stereocenters. The van der Waals surface area contributed by atoms with Gasteiger partial charge in [-0.3, -0.25) is 0 Å². The molecule has 3 N–H and O–H groups in total. The second-order valence-electron chi connectivity index (χ2n) is 4.55. The van der Waals surface area contributed by atoms with Crippen LogP contribution in [0.2, 0.25) is 0 Å². The lowest BCUT2D eigenvalue weighted by molar-refractivity contribution is -0.00970. The Labute approximate surface area is 96.2 Å². The van der Waals surface area contributed by atoms with Crippen LogP contribution in [0.25, 0.3) is 0 Å². The number of aryl methyl sites for hydroxylation is 1. The first-order valence-electron chi connectivity index (χ1n) is 5.80. The Morgan fingerprint density at radius 3 is 3.00 bits per heavy atom. The third-order valence-electron chi connectivity index (χ3n) is 3.20. The summed E-state index contributed by atoms with van der Waals surface area (Å²) in [6, 6.07) is 5.79. The van der Waals surface area contributed by atoms with E-state index in [2.05, 4.69) is 0 Å². The van der Waals surface area contributed by atoms with Gasteiger partial charge >= 0.3 is 0 Å². The number of aliphatic hydroxyl groups excluding tert-OH is 1. The van der Waals surface area contributed by atoms with Crippen LogP contribution in [0.5, 0.6) is 0 Å². The smallest absolute Gasteiger partial charge is 0.0860 e. The van der Waals surface area contributed by atoms with Gasteiger partial charge < -0.3 is 15.6 Å². The standard InChI is InChI=1S/C13H19NO2/c1-9-4-5-12(14)11(7-9)13(15)10-3-2-6-16-8-10/h4-5,7,10,13,15H,2-3,6,8,14H2,1H3. The van der Waals surface area contributed by atoms with Crippen molar-refractivity contribution in [2.45, 2.75) is 25.9 Å². The second-order valence-corrected chi connectivity index (χ2v) is 4.55. The molecule has 1 saturated heterocycles. The highest BCUT2D eigenvalue weighted by atomic mass is 16.5. The molecular formula is C13H19NO2. The van der Waals surface area contributed by atoms with Crippen molar-refractivity contribution in [2.75, 3.05) is 18.9 Å². The Kier molecular flexibility index (Phi) is 3.46. The minimum absolute atomic E-state index is 0.179. The number of rotatable bonds is 2. The zero-order valence-corrected chi connectivity index (χ0v) is 9.65. The van der Waals surface area contributed by atoms with Crippen LogP contribution in [0.1, 0.15) is 30.1 Å². The van der Waals surface area contributed by atoms with E-state index in [0.717, 1.165) is 30.6 Å². The molecule has 0 spiro atoms. The van der Waals surface area contributed by atoms with Crippen molar-refractivity contribution in [2.24, 2.45) is 5.92 Å². The van der Waals surface area contributed by atoms with Crippen molar-refractivity contribution in [3.05, 3.63) is 29.3 Å². The fourth-order valence-corrected chi connectivity index (χ4v) is 2.22. The van der Waals surface area contributed by atoms with Crippen molar-refractivity contribution < 1.29 is 9.84 Å². The maximum Gasteiger partial charge on any atom is 0.0860 e. The molecule has 88 valence electrons. The third kappa shape index (κ3) is 2.36. The summed E-state index contributed by atoms with van der Waals surface area (Å²) < 4.78 is 5.39. The minimum Gasteiger partial charge on any atom is -0.398 e. The molecule has 2 rings (SSSR count). The first kappa shape index (κ1) is 11.4. The predicted octanol–water partition coefficient (Wildman–Crippen LogP) is 2.04. The van der Waals surface area contributed by atoms with E-state index >= 15 is 0 Å². The molecule has 3 nitrogen and oxygen atoms in total. The van der Waals surface area contributed by atoms with Gasteiger partial charge in [-0.25, -0.2) is 0 Å². The summed E-state index contributed by atoms with van der Waals surface area (Å²) in [6.07, 6.45) is 1.53. The number of nitrogen functional groups attached to an aromatic ring is 1. The van der Waals surface area contributed by atoms with Crippen LogP contribution in [0.15, 0.2) is 18.2 Å². The zero-order chi connectivity index (χ0) is 11.5. The molecule has 16 heavy (non-hydrogen) atoms. The number of hydrogen-bond donors (Lipinski definition) is 2. The van der Waals surface area contributed by atoms with Gasteiger partial charge in [-0.05, 0) is 25.8 Å². The van der Waals surface area contributed by atoms with Crippen LogP contribution in [-0.4, -0.2) is 18.3 Å². The third-order valence-corrected chi connectivity index (χ3v) is 3.20. The highest BCUT2D eigenvalue weighted by molar-refractivity contribution is 5.49. The molecule has 2 atom stereocenters. The van der Waals surface area contributed by atoms with E-state index in [4.69, 9.17) is 10.5 Å². The van der Waals surface area contributed by atoms with Crippen LogP contribution in [0, 0.1) is 12.8 Å². The lowest BCUT2D eigenvalue weighted by atomic mass is 9.89. The molecule has 1 aliphatic heterocycles. The Morgan fingerprint density at radius 1 is 1.50 bits per heavy atom. The van der Waals surface area contributed by atoms with Crippen molar-refractivity contribution >= 4 is 5.69 Å². The summed E-state index contributed by atoms with van der Waals surface area (Å²) in [5.41, 5.74) is 8.53. The first-order valence-corrected chi connectivity index (χ1v) is 5.80. The molecule has 0 saturated carbocycles. The zero-order valence-electron chi connectivity index (χ0n) is 9.65. The number of ether oxygens (including phenoxy) is 1. The first-order chi connectivity index (χ1) is 7.68. The molecule has 1 fully saturated rings. The number of nitrogens with two attached hydrogens (primary N) is 1. The summed E-state index contributed by atoms with van der Waals surface area (Å²) in [6.45, 7) is 3.45. The minimum atomic E-state index is -0.500. The predicted molar refractivity (Wildman–Crippen MR) is 64.1 cm³/mol. The van der Waals surface area contributed by atoms with Crippen molar-refractivity contribution in [1.29, 1.82) is 0 Å². The maximum atomic E-state index is 10.3. The van der Waals surface area contributed by atoms with Gasteiger partial charge in [-0.1, -0.05) is 17.7 Å². The van der Waals surface area contributed by atoms with Crippen LogP contribution in [0.4, 0.5) is 5.69 Å². The average Bonchev–Trinajstić information content (AvgIpc) is 2.32. The molecule has 1 heterocycles. The SMILES string of the molecule is Cc1ccc(N)c(C(O)C2CCCOC2)c1. The van der Waals surface area contributed by atoms with E-state index < -0.39 is 6.10 Å².